The van der Waals surface area contributed by atoms with Gasteiger partial charge in [0.05, 0.1) is 29.9 Å². The molecule has 66 heavy (non-hydrogen) atoms. The second kappa shape index (κ2) is 41.9. The van der Waals surface area contributed by atoms with Crippen molar-refractivity contribution in [3.63, 3.8) is 0 Å². The third kappa shape index (κ3) is 30.9. The normalized spacial score (nSPS) is 13.2. The van der Waals surface area contributed by atoms with Crippen molar-refractivity contribution >= 4 is 17.8 Å². The van der Waals surface area contributed by atoms with Crippen LogP contribution in [-0.4, -0.2) is 59.0 Å². The monoisotopic (exact) mass is 920 g/mol. The standard InChI is InChI=1S/C58H97NO7/c1-3-5-7-9-11-13-15-17-19-23-27-37-45-52(61)46-38-28-24-21-22-26-30-40-48-55(62)59-53(49-60)56(66-58(64)51-43-35-32-36-44-51)54(65-57(63)50-41-33-31-34-42-50)47-39-29-25-20-18-16-14-12-10-8-6-4-2/h31-36,41-44,52-54,56,60-61H,3-30,37-40,45-49H2,1-2H3,(H,59,62)/t52-,53-,54+,56-/m0/s1. The van der Waals surface area contributed by atoms with E-state index in [9.17, 15) is 24.6 Å². The zero-order valence-corrected chi connectivity index (χ0v) is 42.2. The molecule has 0 saturated carbocycles. The summed E-state index contributed by atoms with van der Waals surface area (Å²) in [6.45, 7) is 4.04. The van der Waals surface area contributed by atoms with Crippen LogP contribution in [0.5, 0.6) is 0 Å². The molecule has 4 atom stereocenters. The Morgan fingerprint density at radius 3 is 1.17 bits per heavy atom. The number of amides is 1. The molecule has 0 aliphatic carbocycles. The number of esters is 2. The summed E-state index contributed by atoms with van der Waals surface area (Å²) in [4.78, 5) is 40.4. The topological polar surface area (TPSA) is 122 Å². The number of unbranched alkanes of at least 4 members (excludes halogenated alkanes) is 29. The molecule has 0 saturated heterocycles. The first-order valence-corrected chi connectivity index (χ1v) is 27.5. The number of ether oxygens (including phenoxy) is 2. The number of carbonyl (C=O) groups is 3. The van der Waals surface area contributed by atoms with Gasteiger partial charge >= 0.3 is 11.9 Å². The van der Waals surface area contributed by atoms with Crippen molar-refractivity contribution in [3.05, 3.63) is 71.8 Å². The van der Waals surface area contributed by atoms with Gasteiger partial charge in [-0.3, -0.25) is 4.79 Å². The summed E-state index contributed by atoms with van der Waals surface area (Å²) >= 11 is 0. The van der Waals surface area contributed by atoms with E-state index in [4.69, 9.17) is 9.47 Å². The molecule has 0 bridgehead atoms. The van der Waals surface area contributed by atoms with Gasteiger partial charge in [0, 0.05) is 6.42 Å². The SMILES string of the molecule is CCCCCCCCCCCCCC[C@H](O)CCCCCCCCCCC(=O)N[C@@H](CO)[C@H](OC(=O)c1ccccc1)[C@@H](CCCCCCCCCCCCCC)OC(=O)c1ccccc1. The Morgan fingerprint density at radius 1 is 0.455 bits per heavy atom. The summed E-state index contributed by atoms with van der Waals surface area (Å²) in [5.74, 6) is -1.36. The van der Waals surface area contributed by atoms with Crippen LogP contribution < -0.4 is 5.32 Å². The van der Waals surface area contributed by atoms with Gasteiger partial charge in [-0.1, -0.05) is 243 Å². The van der Waals surface area contributed by atoms with Gasteiger partial charge in [-0.25, -0.2) is 9.59 Å². The first kappa shape index (κ1) is 58.9. The lowest BCUT2D eigenvalue weighted by Gasteiger charge is -2.33. The smallest absolute Gasteiger partial charge is 0.338 e. The molecule has 0 spiro atoms. The highest BCUT2D eigenvalue weighted by Crippen LogP contribution is 2.23. The molecule has 3 N–H and O–H groups in total. The van der Waals surface area contributed by atoms with E-state index in [0.717, 1.165) is 89.9 Å². The molecule has 8 nitrogen and oxygen atoms in total. The van der Waals surface area contributed by atoms with Crippen molar-refractivity contribution in [2.24, 2.45) is 0 Å². The third-order valence-corrected chi connectivity index (χ3v) is 13.3. The van der Waals surface area contributed by atoms with Gasteiger partial charge in [-0.2, -0.15) is 0 Å². The molecule has 0 aliphatic rings. The first-order valence-electron chi connectivity index (χ1n) is 27.5. The minimum atomic E-state index is -1.09. The Kier molecular flexibility index (Phi) is 37.4. The molecule has 0 heterocycles. The Labute approximate surface area is 403 Å². The second-order valence-electron chi connectivity index (χ2n) is 19.3. The number of rotatable bonds is 45. The van der Waals surface area contributed by atoms with E-state index in [1.165, 1.54) is 128 Å². The highest BCUT2D eigenvalue weighted by atomic mass is 16.6. The minimum absolute atomic E-state index is 0.162. The number of aliphatic hydroxyl groups is 2. The Balaban J connectivity index is 1.77. The Hall–Kier alpha value is -3.23. The van der Waals surface area contributed by atoms with Crippen molar-refractivity contribution in [1.29, 1.82) is 0 Å². The molecule has 0 aliphatic heterocycles. The van der Waals surface area contributed by atoms with Crippen LogP contribution in [0.2, 0.25) is 0 Å². The maximum absolute atomic E-state index is 13.5. The van der Waals surface area contributed by atoms with Gasteiger partial charge in [0.2, 0.25) is 5.91 Å². The van der Waals surface area contributed by atoms with Crippen LogP contribution in [0.15, 0.2) is 60.7 Å². The largest absolute Gasteiger partial charge is 0.455 e. The van der Waals surface area contributed by atoms with E-state index in [-0.39, 0.29) is 12.0 Å². The molecule has 2 aromatic carbocycles. The molecule has 0 radical (unpaired) electrons. The average Bonchev–Trinajstić information content (AvgIpc) is 3.33. The van der Waals surface area contributed by atoms with Crippen LogP contribution in [0.1, 0.15) is 266 Å². The Bertz CT molecular complexity index is 1420. The van der Waals surface area contributed by atoms with Gasteiger partial charge in [0.15, 0.2) is 6.10 Å². The number of hydrogen-bond donors (Lipinski definition) is 3. The molecule has 376 valence electrons. The molecular weight excluding hydrogens is 823 g/mol. The van der Waals surface area contributed by atoms with Crippen LogP contribution >= 0.6 is 0 Å². The lowest BCUT2D eigenvalue weighted by Crippen LogP contribution is -2.53. The number of hydrogen-bond acceptors (Lipinski definition) is 7. The van der Waals surface area contributed by atoms with Gasteiger partial charge in [-0.15, -0.1) is 0 Å². The zero-order chi connectivity index (χ0) is 47.6. The van der Waals surface area contributed by atoms with Crippen molar-refractivity contribution in [2.75, 3.05) is 6.61 Å². The van der Waals surface area contributed by atoms with Gasteiger partial charge in [-0.05, 0) is 56.4 Å². The molecule has 2 aromatic rings. The van der Waals surface area contributed by atoms with Crippen LogP contribution in [-0.2, 0) is 14.3 Å². The molecule has 0 aromatic heterocycles. The summed E-state index contributed by atoms with van der Waals surface area (Å²) in [6.07, 6.45) is 39.1. The predicted octanol–water partition coefficient (Wildman–Crippen LogP) is 15.4. The van der Waals surface area contributed by atoms with Gasteiger partial charge < -0.3 is 25.0 Å². The Morgan fingerprint density at radius 2 is 0.788 bits per heavy atom. The van der Waals surface area contributed by atoms with E-state index in [1.54, 1.807) is 48.5 Å². The van der Waals surface area contributed by atoms with E-state index in [0.29, 0.717) is 24.0 Å². The van der Waals surface area contributed by atoms with Crippen LogP contribution in [0.3, 0.4) is 0 Å². The maximum atomic E-state index is 13.5. The van der Waals surface area contributed by atoms with Crippen molar-refractivity contribution in [3.8, 4) is 0 Å². The fraction of sp³-hybridized carbons (Fsp3) is 0.741. The van der Waals surface area contributed by atoms with E-state index in [1.807, 2.05) is 12.1 Å². The summed E-state index contributed by atoms with van der Waals surface area (Å²) in [7, 11) is 0. The molecular formula is C58H97NO7. The van der Waals surface area contributed by atoms with Crippen molar-refractivity contribution < 1.29 is 34.1 Å². The van der Waals surface area contributed by atoms with E-state index >= 15 is 0 Å². The second-order valence-corrected chi connectivity index (χ2v) is 19.3. The maximum Gasteiger partial charge on any atom is 0.338 e. The highest BCUT2D eigenvalue weighted by Gasteiger charge is 2.36. The number of aliphatic hydroxyl groups excluding tert-OH is 2. The van der Waals surface area contributed by atoms with E-state index in [2.05, 4.69) is 19.2 Å². The van der Waals surface area contributed by atoms with E-state index < -0.39 is 36.8 Å². The quantitative estimate of drug-likeness (QED) is 0.0447. The molecule has 0 unspecified atom stereocenters. The number of nitrogens with one attached hydrogen (secondary N) is 1. The summed E-state index contributed by atoms with van der Waals surface area (Å²) in [5.41, 5.74) is 0.723. The summed E-state index contributed by atoms with van der Waals surface area (Å²) < 4.78 is 12.2. The van der Waals surface area contributed by atoms with Gasteiger partial charge in [0.1, 0.15) is 6.10 Å². The fourth-order valence-electron chi connectivity index (χ4n) is 9.04. The number of benzene rings is 2. The van der Waals surface area contributed by atoms with Crippen LogP contribution in [0.4, 0.5) is 0 Å². The lowest BCUT2D eigenvalue weighted by molar-refractivity contribution is -0.124. The van der Waals surface area contributed by atoms with Crippen LogP contribution in [0, 0.1) is 0 Å². The highest BCUT2D eigenvalue weighted by molar-refractivity contribution is 5.90. The summed E-state index contributed by atoms with van der Waals surface area (Å²) in [5, 5.41) is 24.1. The summed E-state index contributed by atoms with van der Waals surface area (Å²) in [6, 6.07) is 16.4. The number of carbonyl (C=O) groups excluding carboxylic acids is 3. The lowest BCUT2D eigenvalue weighted by atomic mass is 9.98. The van der Waals surface area contributed by atoms with Gasteiger partial charge in [0.25, 0.3) is 0 Å². The zero-order valence-electron chi connectivity index (χ0n) is 42.2. The molecule has 2 rings (SSSR count). The first-order chi connectivity index (χ1) is 32.4. The molecule has 8 heteroatoms. The predicted molar refractivity (Wildman–Crippen MR) is 274 cm³/mol. The fourth-order valence-corrected chi connectivity index (χ4v) is 9.04. The third-order valence-electron chi connectivity index (χ3n) is 13.3. The minimum Gasteiger partial charge on any atom is -0.455 e. The van der Waals surface area contributed by atoms with Crippen molar-refractivity contribution in [2.45, 2.75) is 269 Å². The molecule has 1 amide bonds. The average molecular weight is 920 g/mol. The van der Waals surface area contributed by atoms with Crippen LogP contribution in [0.25, 0.3) is 0 Å². The van der Waals surface area contributed by atoms with Crippen molar-refractivity contribution in [1.82, 2.24) is 5.32 Å². The molecule has 0 fully saturated rings.